The number of thioether (sulfide) groups is 1. The molecule has 1 aliphatic carbocycles. The van der Waals surface area contributed by atoms with Crippen molar-refractivity contribution in [3.8, 4) is 5.69 Å². The van der Waals surface area contributed by atoms with Gasteiger partial charge in [0.1, 0.15) is 0 Å². The number of alkyl halides is 3. The standard InChI is InChI=1S/C22H21F3N4O2S2/c1-12-9-18(13(2)28(12)17-6-4-5-15(10-17)22(23,24)25)19(31)11-32-21-27-26-20(33-21)29(14(3)30)16-7-8-16/h4-6,9-10,16H,7-8,11H2,1-3H3. The molecule has 33 heavy (non-hydrogen) atoms. The fourth-order valence-electron chi connectivity index (χ4n) is 3.71. The molecule has 0 saturated heterocycles. The minimum atomic E-state index is -4.45. The Labute approximate surface area is 196 Å². The average Bonchev–Trinajstić information content (AvgIpc) is 3.38. The number of carbonyl (C=O) groups is 2. The number of hydrogen-bond donors (Lipinski definition) is 0. The molecule has 6 nitrogen and oxygen atoms in total. The Morgan fingerprint density at radius 1 is 1.21 bits per heavy atom. The van der Waals surface area contributed by atoms with Gasteiger partial charge in [0.05, 0.1) is 11.3 Å². The average molecular weight is 495 g/mol. The van der Waals surface area contributed by atoms with Gasteiger partial charge >= 0.3 is 6.18 Å². The predicted molar refractivity (Wildman–Crippen MR) is 121 cm³/mol. The number of carbonyl (C=O) groups excluding carboxylic acids is 2. The lowest BCUT2D eigenvalue weighted by atomic mass is 10.1. The van der Waals surface area contributed by atoms with Crippen LogP contribution in [0.2, 0.25) is 0 Å². The summed E-state index contributed by atoms with van der Waals surface area (Å²) in [4.78, 5) is 26.4. The fourth-order valence-corrected chi connectivity index (χ4v) is 5.55. The molecular weight excluding hydrogens is 473 g/mol. The second-order valence-corrected chi connectivity index (χ2v) is 10.0. The Balaban J connectivity index is 1.50. The third kappa shape index (κ3) is 4.98. The summed E-state index contributed by atoms with van der Waals surface area (Å²) in [6.07, 6.45) is -2.55. The van der Waals surface area contributed by atoms with E-state index in [-0.39, 0.29) is 23.5 Å². The maximum atomic E-state index is 13.1. The number of aromatic nitrogens is 3. The second-order valence-electron chi connectivity index (χ2n) is 7.85. The van der Waals surface area contributed by atoms with Crippen molar-refractivity contribution in [1.29, 1.82) is 0 Å². The summed E-state index contributed by atoms with van der Waals surface area (Å²) in [5, 5.41) is 8.72. The lowest BCUT2D eigenvalue weighted by Crippen LogP contribution is -2.30. The first-order chi connectivity index (χ1) is 15.6. The minimum absolute atomic E-state index is 0.0803. The molecule has 0 atom stereocenters. The molecule has 0 aliphatic heterocycles. The Bertz CT molecular complexity index is 1210. The van der Waals surface area contributed by atoms with E-state index >= 15 is 0 Å². The van der Waals surface area contributed by atoms with Crippen molar-refractivity contribution < 1.29 is 22.8 Å². The van der Waals surface area contributed by atoms with Crippen LogP contribution in [0.1, 0.15) is 47.1 Å². The van der Waals surface area contributed by atoms with E-state index in [1.807, 2.05) is 0 Å². The summed E-state index contributed by atoms with van der Waals surface area (Å²) in [7, 11) is 0. The number of benzene rings is 1. The van der Waals surface area contributed by atoms with Crippen LogP contribution in [0.25, 0.3) is 5.69 Å². The van der Waals surface area contributed by atoms with Gasteiger partial charge in [-0.3, -0.25) is 14.5 Å². The van der Waals surface area contributed by atoms with Crippen molar-refractivity contribution in [3.05, 3.63) is 52.8 Å². The molecule has 0 unspecified atom stereocenters. The van der Waals surface area contributed by atoms with Gasteiger partial charge in [-0.2, -0.15) is 13.2 Å². The third-order valence-corrected chi connectivity index (χ3v) is 7.40. The van der Waals surface area contributed by atoms with E-state index in [0.717, 1.165) is 25.0 Å². The van der Waals surface area contributed by atoms with Crippen molar-refractivity contribution in [3.63, 3.8) is 0 Å². The molecule has 174 valence electrons. The quantitative estimate of drug-likeness (QED) is 0.248. The molecule has 0 N–H and O–H groups in total. The van der Waals surface area contributed by atoms with Gasteiger partial charge in [0, 0.05) is 35.6 Å². The lowest BCUT2D eigenvalue weighted by molar-refractivity contribution is -0.137. The monoisotopic (exact) mass is 494 g/mol. The van der Waals surface area contributed by atoms with Crippen LogP contribution < -0.4 is 4.90 Å². The van der Waals surface area contributed by atoms with Crippen LogP contribution in [0.5, 0.6) is 0 Å². The molecule has 2 aromatic heterocycles. The molecule has 0 radical (unpaired) electrons. The second kappa shape index (κ2) is 8.94. The number of nitrogens with zero attached hydrogens (tertiary/aromatic N) is 4. The molecule has 0 bridgehead atoms. The Kier molecular flexibility index (Phi) is 6.37. The molecular formula is C22H21F3N4O2S2. The van der Waals surface area contributed by atoms with E-state index in [1.54, 1.807) is 35.4 Å². The number of Topliss-reactive ketones (excluding diaryl/α,β-unsaturated/α-hetero) is 1. The molecule has 1 aromatic carbocycles. The number of ketones is 1. The minimum Gasteiger partial charge on any atom is -0.318 e. The lowest BCUT2D eigenvalue weighted by Gasteiger charge is -2.15. The van der Waals surface area contributed by atoms with Crippen LogP contribution in [-0.2, 0) is 11.0 Å². The van der Waals surface area contributed by atoms with Crippen LogP contribution in [0.15, 0.2) is 34.7 Å². The zero-order valence-corrected chi connectivity index (χ0v) is 19.8. The van der Waals surface area contributed by atoms with Crippen LogP contribution in [0, 0.1) is 13.8 Å². The maximum absolute atomic E-state index is 13.1. The van der Waals surface area contributed by atoms with Crippen molar-refractivity contribution in [2.45, 2.75) is 50.2 Å². The number of aryl methyl sites for hydroxylation is 1. The summed E-state index contributed by atoms with van der Waals surface area (Å²) >= 11 is 2.50. The van der Waals surface area contributed by atoms with Gasteiger partial charge in [0.25, 0.3) is 0 Å². The SMILES string of the molecule is CC(=O)N(c1nnc(SCC(=O)c2cc(C)n(-c3cccc(C(F)(F)F)c3)c2C)s1)C1CC1. The van der Waals surface area contributed by atoms with E-state index in [1.165, 1.54) is 36.1 Å². The first-order valence-corrected chi connectivity index (χ1v) is 12.0. The zero-order valence-electron chi connectivity index (χ0n) is 18.1. The smallest absolute Gasteiger partial charge is 0.318 e. The van der Waals surface area contributed by atoms with Crippen molar-refractivity contribution >= 4 is 39.9 Å². The molecule has 1 aliphatic rings. The highest BCUT2D eigenvalue weighted by Crippen LogP contribution is 2.36. The maximum Gasteiger partial charge on any atom is 0.416 e. The number of halogens is 3. The van der Waals surface area contributed by atoms with Gasteiger partial charge in [-0.15, -0.1) is 10.2 Å². The number of amides is 1. The van der Waals surface area contributed by atoms with Gasteiger partial charge in [0.2, 0.25) is 11.0 Å². The third-order valence-electron chi connectivity index (χ3n) is 5.34. The molecule has 2 heterocycles. The Morgan fingerprint density at radius 3 is 2.58 bits per heavy atom. The van der Waals surface area contributed by atoms with Gasteiger partial charge in [-0.25, -0.2) is 0 Å². The number of rotatable bonds is 7. The summed E-state index contributed by atoms with van der Waals surface area (Å²) < 4.78 is 41.6. The first kappa shape index (κ1) is 23.5. The van der Waals surface area contributed by atoms with E-state index in [2.05, 4.69) is 10.2 Å². The highest BCUT2D eigenvalue weighted by Gasteiger charge is 2.34. The van der Waals surface area contributed by atoms with Gasteiger partial charge in [-0.1, -0.05) is 29.2 Å². The summed E-state index contributed by atoms with van der Waals surface area (Å²) in [5.74, 6) is -0.137. The highest BCUT2D eigenvalue weighted by atomic mass is 32.2. The van der Waals surface area contributed by atoms with E-state index in [9.17, 15) is 22.8 Å². The molecule has 1 fully saturated rings. The topological polar surface area (TPSA) is 68.1 Å². The van der Waals surface area contributed by atoms with Crippen LogP contribution in [0.3, 0.4) is 0 Å². The van der Waals surface area contributed by atoms with Gasteiger partial charge < -0.3 is 4.57 Å². The van der Waals surface area contributed by atoms with E-state index in [0.29, 0.717) is 32.1 Å². The molecule has 3 aromatic rings. The highest BCUT2D eigenvalue weighted by molar-refractivity contribution is 8.01. The summed E-state index contributed by atoms with van der Waals surface area (Å²) in [6.45, 7) is 4.97. The molecule has 1 amide bonds. The van der Waals surface area contributed by atoms with Crippen LogP contribution in [-0.4, -0.2) is 38.2 Å². The van der Waals surface area contributed by atoms with Crippen molar-refractivity contribution in [2.75, 3.05) is 10.7 Å². The van der Waals surface area contributed by atoms with Crippen molar-refractivity contribution in [1.82, 2.24) is 14.8 Å². The van der Waals surface area contributed by atoms with E-state index < -0.39 is 11.7 Å². The summed E-state index contributed by atoms with van der Waals surface area (Å²) in [6, 6.07) is 6.90. The fraction of sp³-hybridized carbons (Fsp3) is 0.364. The molecule has 1 saturated carbocycles. The number of anilines is 1. The number of hydrogen-bond acceptors (Lipinski definition) is 6. The first-order valence-electron chi connectivity index (χ1n) is 10.2. The van der Waals surface area contributed by atoms with Crippen LogP contribution >= 0.6 is 23.1 Å². The van der Waals surface area contributed by atoms with Gasteiger partial charge in [-0.05, 0) is 51.0 Å². The van der Waals surface area contributed by atoms with Gasteiger partial charge in [0.15, 0.2) is 10.1 Å². The van der Waals surface area contributed by atoms with Crippen molar-refractivity contribution in [2.24, 2.45) is 0 Å². The van der Waals surface area contributed by atoms with Crippen LogP contribution in [0.4, 0.5) is 18.3 Å². The Morgan fingerprint density at radius 2 is 1.94 bits per heavy atom. The molecule has 0 spiro atoms. The largest absolute Gasteiger partial charge is 0.416 e. The zero-order chi connectivity index (χ0) is 23.9. The molecule has 11 heteroatoms. The normalized spacial score (nSPS) is 13.9. The molecule has 4 rings (SSSR count). The predicted octanol–water partition coefficient (Wildman–Crippen LogP) is 5.45. The summed E-state index contributed by atoms with van der Waals surface area (Å²) in [5.41, 5.74) is 1.30. The van der Waals surface area contributed by atoms with E-state index in [4.69, 9.17) is 0 Å². The Hall–Kier alpha value is -2.66.